The van der Waals surface area contributed by atoms with Crippen molar-refractivity contribution in [3.05, 3.63) is 18.0 Å². The van der Waals surface area contributed by atoms with Crippen LogP contribution in [0.15, 0.2) is 12.3 Å². The SMILES string of the molecule is CS(=O)(=O)NCC1CN(CC2CCC2)Cc2ccnn21. The lowest BCUT2D eigenvalue weighted by Crippen LogP contribution is -2.44. The molecule has 0 spiro atoms. The van der Waals surface area contributed by atoms with Crippen LogP contribution in [-0.4, -0.2) is 49.0 Å². The molecular formula is C13H22N4O2S. The molecule has 0 bridgehead atoms. The second-order valence-corrected chi connectivity index (χ2v) is 7.87. The normalized spacial score (nSPS) is 24.4. The van der Waals surface area contributed by atoms with Gasteiger partial charge in [-0.15, -0.1) is 0 Å². The molecule has 1 unspecified atom stereocenters. The third-order valence-electron chi connectivity index (χ3n) is 4.27. The Kier molecular flexibility index (Phi) is 3.83. The first-order chi connectivity index (χ1) is 9.51. The Hall–Kier alpha value is -0.920. The molecule has 0 amide bonds. The number of sulfonamides is 1. The molecule has 1 N–H and O–H groups in total. The highest BCUT2D eigenvalue weighted by Crippen LogP contribution is 2.29. The molecule has 1 aliphatic carbocycles. The zero-order valence-electron chi connectivity index (χ0n) is 11.8. The van der Waals surface area contributed by atoms with Gasteiger partial charge in [0.05, 0.1) is 18.0 Å². The third-order valence-corrected chi connectivity index (χ3v) is 4.97. The predicted molar refractivity (Wildman–Crippen MR) is 76.7 cm³/mol. The quantitative estimate of drug-likeness (QED) is 0.864. The van der Waals surface area contributed by atoms with Crippen LogP contribution in [0.4, 0.5) is 0 Å². The smallest absolute Gasteiger partial charge is 0.208 e. The summed E-state index contributed by atoms with van der Waals surface area (Å²) in [5.41, 5.74) is 1.18. The van der Waals surface area contributed by atoms with Crippen LogP contribution in [0.1, 0.15) is 31.0 Å². The molecule has 0 aromatic carbocycles. The van der Waals surface area contributed by atoms with Crippen molar-refractivity contribution in [1.82, 2.24) is 19.4 Å². The maximum absolute atomic E-state index is 11.3. The minimum atomic E-state index is -3.15. The molecule has 1 atom stereocenters. The molecule has 20 heavy (non-hydrogen) atoms. The van der Waals surface area contributed by atoms with Gasteiger partial charge in [0.15, 0.2) is 0 Å². The third kappa shape index (κ3) is 3.21. The van der Waals surface area contributed by atoms with E-state index in [4.69, 9.17) is 0 Å². The van der Waals surface area contributed by atoms with Crippen molar-refractivity contribution in [2.24, 2.45) is 5.92 Å². The van der Waals surface area contributed by atoms with Gasteiger partial charge in [-0.2, -0.15) is 5.10 Å². The zero-order valence-corrected chi connectivity index (χ0v) is 12.6. The highest BCUT2D eigenvalue weighted by molar-refractivity contribution is 7.88. The van der Waals surface area contributed by atoms with E-state index in [2.05, 4.69) is 14.7 Å². The van der Waals surface area contributed by atoms with E-state index in [0.717, 1.165) is 25.6 Å². The van der Waals surface area contributed by atoms with Crippen molar-refractivity contribution in [1.29, 1.82) is 0 Å². The first-order valence-corrected chi connectivity index (χ1v) is 9.10. The van der Waals surface area contributed by atoms with Gasteiger partial charge in [-0.05, 0) is 24.8 Å². The van der Waals surface area contributed by atoms with Crippen molar-refractivity contribution < 1.29 is 8.42 Å². The Morgan fingerprint density at radius 2 is 2.25 bits per heavy atom. The summed E-state index contributed by atoms with van der Waals surface area (Å²) in [4.78, 5) is 2.44. The molecule has 112 valence electrons. The average Bonchev–Trinajstić information content (AvgIpc) is 2.78. The Labute approximate surface area is 120 Å². The van der Waals surface area contributed by atoms with Gasteiger partial charge < -0.3 is 0 Å². The Morgan fingerprint density at radius 3 is 2.90 bits per heavy atom. The molecule has 1 aliphatic heterocycles. The van der Waals surface area contributed by atoms with E-state index in [0.29, 0.717) is 6.54 Å². The number of hydrogen-bond donors (Lipinski definition) is 1. The summed E-state index contributed by atoms with van der Waals surface area (Å²) in [6, 6.07) is 2.11. The number of nitrogens with zero attached hydrogens (tertiary/aromatic N) is 3. The van der Waals surface area contributed by atoms with Gasteiger partial charge in [-0.3, -0.25) is 9.58 Å². The predicted octanol–water partition coefficient (Wildman–Crippen LogP) is 0.589. The van der Waals surface area contributed by atoms with Crippen LogP contribution in [0, 0.1) is 5.92 Å². The van der Waals surface area contributed by atoms with E-state index in [1.807, 2.05) is 10.7 Å². The van der Waals surface area contributed by atoms with Crippen molar-refractivity contribution in [3.63, 3.8) is 0 Å². The summed E-state index contributed by atoms with van der Waals surface area (Å²) < 4.78 is 27.1. The highest BCUT2D eigenvalue weighted by Gasteiger charge is 2.29. The molecule has 0 radical (unpaired) electrons. The summed E-state index contributed by atoms with van der Waals surface area (Å²) in [7, 11) is -3.15. The Balaban J connectivity index is 1.68. The van der Waals surface area contributed by atoms with Crippen LogP contribution >= 0.6 is 0 Å². The molecule has 1 fully saturated rings. The first-order valence-electron chi connectivity index (χ1n) is 7.20. The summed E-state index contributed by atoms with van der Waals surface area (Å²) in [6.45, 7) is 3.33. The number of nitrogens with one attached hydrogen (secondary N) is 1. The fraction of sp³-hybridized carbons (Fsp3) is 0.769. The van der Waals surface area contributed by atoms with Crippen molar-refractivity contribution in [2.75, 3.05) is 25.9 Å². The van der Waals surface area contributed by atoms with Gasteiger partial charge in [0.25, 0.3) is 0 Å². The molecule has 1 aromatic heterocycles. The molecular weight excluding hydrogens is 276 g/mol. The van der Waals surface area contributed by atoms with E-state index in [1.54, 1.807) is 6.20 Å². The molecule has 7 heteroatoms. The maximum Gasteiger partial charge on any atom is 0.208 e. The van der Waals surface area contributed by atoms with Gasteiger partial charge in [-0.1, -0.05) is 6.42 Å². The topological polar surface area (TPSA) is 67.2 Å². The largest absolute Gasteiger partial charge is 0.295 e. The van der Waals surface area contributed by atoms with Crippen molar-refractivity contribution >= 4 is 10.0 Å². The molecule has 6 nitrogen and oxygen atoms in total. The van der Waals surface area contributed by atoms with Crippen molar-refractivity contribution in [2.45, 2.75) is 31.8 Å². The Morgan fingerprint density at radius 1 is 1.45 bits per heavy atom. The number of hydrogen-bond acceptors (Lipinski definition) is 4. The molecule has 1 saturated carbocycles. The second kappa shape index (κ2) is 5.46. The molecule has 1 aromatic rings. The van der Waals surface area contributed by atoms with E-state index in [9.17, 15) is 8.42 Å². The lowest BCUT2D eigenvalue weighted by Gasteiger charge is -2.38. The van der Waals surface area contributed by atoms with Gasteiger partial charge in [0, 0.05) is 32.4 Å². The van der Waals surface area contributed by atoms with Crippen LogP contribution in [0.3, 0.4) is 0 Å². The minimum absolute atomic E-state index is 0.0866. The van der Waals surface area contributed by atoms with E-state index in [-0.39, 0.29) is 6.04 Å². The fourth-order valence-electron chi connectivity index (χ4n) is 3.04. The van der Waals surface area contributed by atoms with Crippen LogP contribution in [0.5, 0.6) is 0 Å². The van der Waals surface area contributed by atoms with Gasteiger partial charge >= 0.3 is 0 Å². The average molecular weight is 298 g/mol. The van der Waals surface area contributed by atoms with E-state index in [1.165, 1.54) is 31.2 Å². The lowest BCUT2D eigenvalue weighted by atomic mass is 9.85. The molecule has 0 saturated heterocycles. The summed E-state index contributed by atoms with van der Waals surface area (Å²) in [6.07, 6.45) is 7.03. The summed E-state index contributed by atoms with van der Waals surface area (Å²) in [5, 5.41) is 4.34. The van der Waals surface area contributed by atoms with Crippen LogP contribution in [0.2, 0.25) is 0 Å². The monoisotopic (exact) mass is 298 g/mol. The number of rotatable bonds is 5. The van der Waals surface area contributed by atoms with Gasteiger partial charge in [0.1, 0.15) is 0 Å². The fourth-order valence-corrected chi connectivity index (χ4v) is 3.54. The van der Waals surface area contributed by atoms with E-state index < -0.39 is 10.0 Å². The van der Waals surface area contributed by atoms with Crippen LogP contribution < -0.4 is 4.72 Å². The molecule has 2 aliphatic rings. The number of aromatic nitrogens is 2. The molecule has 3 rings (SSSR count). The second-order valence-electron chi connectivity index (χ2n) is 6.03. The molecule has 2 heterocycles. The Bertz CT molecular complexity index is 565. The highest BCUT2D eigenvalue weighted by atomic mass is 32.2. The lowest BCUT2D eigenvalue weighted by molar-refractivity contribution is 0.124. The van der Waals surface area contributed by atoms with Gasteiger partial charge in [0.2, 0.25) is 10.0 Å². The van der Waals surface area contributed by atoms with E-state index >= 15 is 0 Å². The minimum Gasteiger partial charge on any atom is -0.295 e. The van der Waals surface area contributed by atoms with Gasteiger partial charge in [-0.25, -0.2) is 13.1 Å². The van der Waals surface area contributed by atoms with Crippen LogP contribution in [-0.2, 0) is 16.6 Å². The summed E-state index contributed by atoms with van der Waals surface area (Å²) in [5.74, 6) is 0.827. The standard InChI is InChI=1S/C13H22N4O2S/c1-20(18,19)15-7-13-10-16(8-11-3-2-4-11)9-12-5-6-14-17(12)13/h5-6,11,13,15H,2-4,7-10H2,1H3. The van der Waals surface area contributed by atoms with Crippen molar-refractivity contribution in [3.8, 4) is 0 Å². The first kappa shape index (κ1) is 14.0. The zero-order chi connectivity index (χ0) is 14.2. The maximum atomic E-state index is 11.3. The van der Waals surface area contributed by atoms with Crippen LogP contribution in [0.25, 0.3) is 0 Å². The summed E-state index contributed by atoms with van der Waals surface area (Å²) >= 11 is 0. The number of fused-ring (bicyclic) bond motifs is 1.